The van der Waals surface area contributed by atoms with Crippen LogP contribution in [0.2, 0.25) is 0 Å². The number of amides is 1. The first-order valence-electron chi connectivity index (χ1n) is 8.15. The van der Waals surface area contributed by atoms with E-state index < -0.39 is 21.6 Å². The minimum atomic E-state index is -3.47. The fourth-order valence-electron chi connectivity index (χ4n) is 2.65. The first kappa shape index (κ1) is 18.8. The Morgan fingerprint density at radius 2 is 1.96 bits per heavy atom. The highest BCUT2D eigenvalue weighted by molar-refractivity contribution is 7.91. The number of anilines is 1. The zero-order valence-corrected chi connectivity index (χ0v) is 15.3. The van der Waals surface area contributed by atoms with E-state index in [0.717, 1.165) is 17.8 Å². The number of ether oxygens (including phenoxy) is 1. The minimum Gasteiger partial charge on any atom is -0.497 e. The number of sulfone groups is 1. The third kappa shape index (κ3) is 4.43. The molecule has 1 amide bonds. The van der Waals surface area contributed by atoms with Gasteiger partial charge < -0.3 is 10.1 Å². The summed E-state index contributed by atoms with van der Waals surface area (Å²) in [6.07, 6.45) is 0.102. The number of nitrogens with one attached hydrogen (secondary N) is 2. The van der Waals surface area contributed by atoms with Crippen LogP contribution in [0, 0.1) is 5.82 Å². The summed E-state index contributed by atoms with van der Waals surface area (Å²) in [6.45, 7) is -0.0303. The molecule has 1 aliphatic heterocycles. The predicted molar refractivity (Wildman–Crippen MR) is 99.2 cm³/mol. The van der Waals surface area contributed by atoms with Crippen LogP contribution < -0.4 is 15.5 Å². The molecule has 0 bridgehead atoms. The van der Waals surface area contributed by atoms with Crippen molar-refractivity contribution in [2.24, 2.45) is 5.10 Å². The Morgan fingerprint density at radius 1 is 1.22 bits per heavy atom. The number of carbonyl (C=O) groups excluding carboxylic acids is 1. The Morgan fingerprint density at radius 3 is 2.67 bits per heavy atom. The molecule has 27 heavy (non-hydrogen) atoms. The minimum absolute atomic E-state index is 0.0273. The molecule has 0 aliphatic carbocycles. The molecule has 0 spiro atoms. The molecule has 0 unspecified atom stereocenters. The summed E-state index contributed by atoms with van der Waals surface area (Å²) in [5.41, 5.74) is 3.62. The van der Waals surface area contributed by atoms with Gasteiger partial charge >= 0.3 is 0 Å². The zero-order chi connectivity index (χ0) is 19.4. The number of hydrogen-bond donors (Lipinski definition) is 2. The highest BCUT2D eigenvalue weighted by atomic mass is 32.2. The molecular formula is C18H18FN3O4S. The van der Waals surface area contributed by atoms with Gasteiger partial charge in [0.1, 0.15) is 11.6 Å². The summed E-state index contributed by atoms with van der Waals surface area (Å²) in [4.78, 5) is 12.0. The second-order valence-electron chi connectivity index (χ2n) is 5.88. The average molecular weight is 391 g/mol. The summed E-state index contributed by atoms with van der Waals surface area (Å²) in [5.74, 6) is -0.407. The number of fused-ring (bicyclic) bond motifs is 1. The van der Waals surface area contributed by atoms with Gasteiger partial charge in [0.05, 0.1) is 30.0 Å². The van der Waals surface area contributed by atoms with Gasteiger partial charge in [0, 0.05) is 17.7 Å². The molecule has 0 atom stereocenters. The van der Waals surface area contributed by atoms with E-state index in [1.54, 1.807) is 31.4 Å². The summed E-state index contributed by atoms with van der Waals surface area (Å²) in [7, 11) is -1.90. The average Bonchev–Trinajstić information content (AvgIpc) is 2.66. The van der Waals surface area contributed by atoms with Crippen molar-refractivity contribution < 1.29 is 22.3 Å². The number of benzene rings is 2. The lowest BCUT2D eigenvalue weighted by Gasteiger charge is -2.18. The highest BCUT2D eigenvalue weighted by Gasteiger charge is 2.28. The summed E-state index contributed by atoms with van der Waals surface area (Å²) in [5, 5.41) is 6.93. The summed E-state index contributed by atoms with van der Waals surface area (Å²) >= 11 is 0. The maximum atomic E-state index is 13.5. The van der Waals surface area contributed by atoms with E-state index in [0.29, 0.717) is 11.5 Å². The third-order valence-electron chi connectivity index (χ3n) is 4.05. The maximum absolute atomic E-state index is 13.5. The van der Waals surface area contributed by atoms with Crippen molar-refractivity contribution in [3.63, 3.8) is 0 Å². The first-order chi connectivity index (χ1) is 12.9. The second-order valence-corrected chi connectivity index (χ2v) is 7.96. The molecule has 2 aromatic rings. The van der Waals surface area contributed by atoms with Gasteiger partial charge in [-0.15, -0.1) is 0 Å². The largest absolute Gasteiger partial charge is 0.497 e. The standard InChI is InChI=1S/C18H18FN3O4S/c1-26-14-5-3-13(4-6-14)20-11-18(23)22-21-16-8-9-27(24,25)17-7-2-12(19)10-15(16)17/h2-7,10,20H,8-9,11H2,1H3,(H,22,23). The maximum Gasteiger partial charge on any atom is 0.259 e. The molecule has 142 valence electrons. The van der Waals surface area contributed by atoms with E-state index >= 15 is 0 Å². The normalized spacial score (nSPS) is 16.4. The molecule has 0 radical (unpaired) electrons. The molecule has 0 aromatic heterocycles. The molecule has 0 saturated heterocycles. The van der Waals surface area contributed by atoms with Crippen LogP contribution >= 0.6 is 0 Å². The molecule has 3 rings (SSSR count). The van der Waals surface area contributed by atoms with E-state index in [2.05, 4.69) is 15.8 Å². The molecule has 7 nitrogen and oxygen atoms in total. The number of carbonyl (C=O) groups is 1. The number of nitrogens with zero attached hydrogens (tertiary/aromatic N) is 1. The molecule has 9 heteroatoms. The van der Waals surface area contributed by atoms with E-state index in [-0.39, 0.29) is 29.2 Å². The van der Waals surface area contributed by atoms with Crippen molar-refractivity contribution >= 4 is 27.1 Å². The Labute approximate surface area is 156 Å². The van der Waals surface area contributed by atoms with Gasteiger partial charge in [-0.3, -0.25) is 4.79 Å². The first-order valence-corrected chi connectivity index (χ1v) is 9.80. The molecule has 0 fully saturated rings. The van der Waals surface area contributed by atoms with Crippen LogP contribution in [0.15, 0.2) is 52.5 Å². The Bertz CT molecular complexity index is 988. The zero-order valence-electron chi connectivity index (χ0n) is 14.5. The lowest BCUT2D eigenvalue weighted by molar-refractivity contribution is -0.119. The van der Waals surface area contributed by atoms with Crippen molar-refractivity contribution in [1.29, 1.82) is 0 Å². The van der Waals surface area contributed by atoms with Crippen LogP contribution in [0.4, 0.5) is 10.1 Å². The van der Waals surface area contributed by atoms with Crippen LogP contribution in [0.5, 0.6) is 5.75 Å². The lowest BCUT2D eigenvalue weighted by Crippen LogP contribution is -2.29. The van der Waals surface area contributed by atoms with Gasteiger partial charge in [0.15, 0.2) is 9.84 Å². The molecule has 2 aromatic carbocycles. The molecular weight excluding hydrogens is 373 g/mol. The Kier molecular flexibility index (Phi) is 5.41. The number of halogens is 1. The predicted octanol–water partition coefficient (Wildman–Crippen LogP) is 1.94. The van der Waals surface area contributed by atoms with E-state index in [9.17, 15) is 17.6 Å². The van der Waals surface area contributed by atoms with E-state index in [1.165, 1.54) is 6.07 Å². The number of hydrazone groups is 1. The van der Waals surface area contributed by atoms with Gasteiger partial charge in [-0.05, 0) is 42.5 Å². The quantitative estimate of drug-likeness (QED) is 0.600. The van der Waals surface area contributed by atoms with Crippen molar-refractivity contribution in [2.45, 2.75) is 11.3 Å². The second kappa shape index (κ2) is 7.75. The van der Waals surface area contributed by atoms with Gasteiger partial charge in [-0.25, -0.2) is 18.2 Å². The number of methoxy groups -OCH3 is 1. The van der Waals surface area contributed by atoms with Gasteiger partial charge in [0.25, 0.3) is 5.91 Å². The Balaban J connectivity index is 1.67. The summed E-state index contributed by atoms with van der Waals surface area (Å²) < 4.78 is 42.8. The number of rotatable bonds is 5. The van der Waals surface area contributed by atoms with Crippen LogP contribution in [-0.4, -0.2) is 39.4 Å². The van der Waals surface area contributed by atoms with Crippen LogP contribution in [0.25, 0.3) is 0 Å². The van der Waals surface area contributed by atoms with E-state index in [1.807, 2.05) is 0 Å². The van der Waals surface area contributed by atoms with Crippen molar-refractivity contribution in [1.82, 2.24) is 5.43 Å². The molecule has 2 N–H and O–H groups in total. The smallest absolute Gasteiger partial charge is 0.259 e. The summed E-state index contributed by atoms with van der Waals surface area (Å²) in [6, 6.07) is 10.5. The van der Waals surface area contributed by atoms with Gasteiger partial charge in [0.2, 0.25) is 0 Å². The van der Waals surface area contributed by atoms with Crippen molar-refractivity contribution in [3.05, 3.63) is 53.8 Å². The third-order valence-corrected chi connectivity index (χ3v) is 5.82. The van der Waals surface area contributed by atoms with Crippen molar-refractivity contribution in [3.8, 4) is 5.75 Å². The Hall–Kier alpha value is -2.94. The fourth-order valence-corrected chi connectivity index (χ4v) is 4.12. The van der Waals surface area contributed by atoms with Crippen LogP contribution in [-0.2, 0) is 14.6 Å². The van der Waals surface area contributed by atoms with E-state index in [4.69, 9.17) is 4.74 Å². The van der Waals surface area contributed by atoms with Crippen LogP contribution in [0.1, 0.15) is 12.0 Å². The van der Waals surface area contributed by atoms with Gasteiger partial charge in [-0.2, -0.15) is 5.10 Å². The van der Waals surface area contributed by atoms with Gasteiger partial charge in [-0.1, -0.05) is 0 Å². The van der Waals surface area contributed by atoms with Crippen LogP contribution in [0.3, 0.4) is 0 Å². The molecule has 0 saturated carbocycles. The highest BCUT2D eigenvalue weighted by Crippen LogP contribution is 2.26. The number of hydrogen-bond acceptors (Lipinski definition) is 6. The SMILES string of the molecule is COc1ccc(NCC(=O)NN=C2CCS(=O)(=O)c3ccc(F)cc32)cc1. The molecule has 1 heterocycles. The fraction of sp³-hybridized carbons (Fsp3) is 0.222. The monoisotopic (exact) mass is 391 g/mol. The lowest BCUT2D eigenvalue weighted by atomic mass is 10.1. The topological polar surface area (TPSA) is 96.9 Å². The van der Waals surface area contributed by atoms with Crippen molar-refractivity contribution in [2.75, 3.05) is 24.7 Å². The molecule has 1 aliphatic rings.